The fraction of sp³-hybridized carbons (Fsp3) is 0.375. The standard InChI is InChI=1S/C16H21N3O/c1-5-10(2)13-6-8-14(9-7-13)17-16(20)15-11(3)18-19-12(15)4/h6-10H,5H2,1-4H3,(H,17,20)(H,18,19). The Balaban J connectivity index is 2.13. The van der Waals surface area contributed by atoms with Crippen molar-refractivity contribution >= 4 is 11.6 Å². The van der Waals surface area contributed by atoms with Gasteiger partial charge in [0.15, 0.2) is 0 Å². The van der Waals surface area contributed by atoms with E-state index in [1.807, 2.05) is 26.0 Å². The van der Waals surface area contributed by atoms with Crippen molar-refractivity contribution < 1.29 is 4.79 Å². The van der Waals surface area contributed by atoms with Gasteiger partial charge in [-0.2, -0.15) is 5.10 Å². The Labute approximate surface area is 119 Å². The lowest BCUT2D eigenvalue weighted by molar-refractivity contribution is 0.102. The molecule has 20 heavy (non-hydrogen) atoms. The van der Waals surface area contributed by atoms with Gasteiger partial charge in [0.1, 0.15) is 0 Å². The summed E-state index contributed by atoms with van der Waals surface area (Å²) in [5.74, 6) is 0.420. The highest BCUT2D eigenvalue weighted by atomic mass is 16.1. The lowest BCUT2D eigenvalue weighted by Crippen LogP contribution is -2.13. The van der Waals surface area contributed by atoms with E-state index in [1.54, 1.807) is 0 Å². The highest BCUT2D eigenvalue weighted by molar-refractivity contribution is 6.05. The summed E-state index contributed by atoms with van der Waals surface area (Å²) in [4.78, 5) is 12.2. The van der Waals surface area contributed by atoms with Crippen LogP contribution in [-0.2, 0) is 0 Å². The summed E-state index contributed by atoms with van der Waals surface area (Å²) in [5, 5.41) is 9.78. The monoisotopic (exact) mass is 271 g/mol. The first-order valence-electron chi connectivity index (χ1n) is 6.95. The molecular weight excluding hydrogens is 250 g/mol. The number of aromatic amines is 1. The summed E-state index contributed by atoms with van der Waals surface area (Å²) in [6, 6.07) is 8.03. The van der Waals surface area contributed by atoms with Crippen molar-refractivity contribution in [1.29, 1.82) is 0 Å². The van der Waals surface area contributed by atoms with E-state index in [0.717, 1.165) is 23.5 Å². The zero-order valence-electron chi connectivity index (χ0n) is 12.4. The number of anilines is 1. The van der Waals surface area contributed by atoms with Gasteiger partial charge in [-0.05, 0) is 43.9 Å². The van der Waals surface area contributed by atoms with Gasteiger partial charge in [-0.3, -0.25) is 9.89 Å². The van der Waals surface area contributed by atoms with Crippen molar-refractivity contribution in [2.24, 2.45) is 0 Å². The van der Waals surface area contributed by atoms with Crippen LogP contribution in [0.1, 0.15) is 53.5 Å². The van der Waals surface area contributed by atoms with Crippen LogP contribution in [0.5, 0.6) is 0 Å². The zero-order chi connectivity index (χ0) is 14.7. The Morgan fingerprint density at radius 1 is 1.30 bits per heavy atom. The number of nitrogens with zero attached hydrogens (tertiary/aromatic N) is 1. The maximum Gasteiger partial charge on any atom is 0.259 e. The number of carbonyl (C=O) groups is 1. The third kappa shape index (κ3) is 2.90. The van der Waals surface area contributed by atoms with Crippen LogP contribution in [0.15, 0.2) is 24.3 Å². The Morgan fingerprint density at radius 2 is 1.95 bits per heavy atom. The third-order valence-corrected chi connectivity index (χ3v) is 3.71. The maximum atomic E-state index is 12.2. The van der Waals surface area contributed by atoms with Crippen LogP contribution < -0.4 is 5.32 Å². The van der Waals surface area contributed by atoms with Crippen LogP contribution in [-0.4, -0.2) is 16.1 Å². The Bertz CT molecular complexity index is 579. The van der Waals surface area contributed by atoms with Crippen LogP contribution in [0.4, 0.5) is 5.69 Å². The maximum absolute atomic E-state index is 12.2. The molecule has 2 N–H and O–H groups in total. The number of rotatable bonds is 4. The molecule has 0 aliphatic heterocycles. The summed E-state index contributed by atoms with van der Waals surface area (Å²) in [5.41, 5.74) is 4.23. The number of H-pyrrole nitrogens is 1. The predicted molar refractivity (Wildman–Crippen MR) is 81.2 cm³/mol. The molecule has 2 rings (SSSR count). The molecule has 4 nitrogen and oxygen atoms in total. The molecule has 2 aromatic rings. The molecule has 1 aromatic heterocycles. The van der Waals surface area contributed by atoms with Gasteiger partial charge < -0.3 is 5.32 Å². The Hall–Kier alpha value is -2.10. The third-order valence-electron chi connectivity index (χ3n) is 3.71. The van der Waals surface area contributed by atoms with E-state index >= 15 is 0 Å². The molecular formula is C16H21N3O. The van der Waals surface area contributed by atoms with Crippen LogP contribution in [0.25, 0.3) is 0 Å². The number of hydrogen-bond acceptors (Lipinski definition) is 2. The first-order valence-corrected chi connectivity index (χ1v) is 6.95. The van der Waals surface area contributed by atoms with Gasteiger partial charge in [-0.1, -0.05) is 26.0 Å². The van der Waals surface area contributed by atoms with E-state index in [1.165, 1.54) is 5.56 Å². The molecule has 0 saturated heterocycles. The molecule has 0 fully saturated rings. The van der Waals surface area contributed by atoms with Crippen molar-refractivity contribution in [3.05, 3.63) is 46.8 Å². The van der Waals surface area contributed by atoms with Gasteiger partial charge >= 0.3 is 0 Å². The topological polar surface area (TPSA) is 57.8 Å². The first kappa shape index (κ1) is 14.3. The van der Waals surface area contributed by atoms with Crippen molar-refractivity contribution in [3.8, 4) is 0 Å². The summed E-state index contributed by atoms with van der Waals surface area (Å²) in [7, 11) is 0. The molecule has 1 aromatic carbocycles. The molecule has 0 aliphatic rings. The minimum atomic E-state index is -0.120. The fourth-order valence-electron chi connectivity index (χ4n) is 2.21. The summed E-state index contributed by atoms with van der Waals surface area (Å²) >= 11 is 0. The molecule has 1 heterocycles. The summed E-state index contributed by atoms with van der Waals surface area (Å²) in [6.45, 7) is 8.04. The van der Waals surface area contributed by atoms with E-state index in [-0.39, 0.29) is 5.91 Å². The number of hydrogen-bond donors (Lipinski definition) is 2. The Morgan fingerprint density at radius 3 is 2.45 bits per heavy atom. The molecule has 0 spiro atoms. The van der Waals surface area contributed by atoms with Crippen molar-refractivity contribution in [2.45, 2.75) is 40.0 Å². The smallest absolute Gasteiger partial charge is 0.259 e. The van der Waals surface area contributed by atoms with E-state index in [2.05, 4.69) is 41.5 Å². The van der Waals surface area contributed by atoms with Crippen LogP contribution in [0.2, 0.25) is 0 Å². The van der Waals surface area contributed by atoms with Gasteiger partial charge in [0.05, 0.1) is 11.3 Å². The molecule has 1 atom stereocenters. The SMILES string of the molecule is CCC(C)c1ccc(NC(=O)c2c(C)n[nH]c2C)cc1. The number of carbonyl (C=O) groups excluding carboxylic acids is 1. The highest BCUT2D eigenvalue weighted by Crippen LogP contribution is 2.21. The van der Waals surface area contributed by atoms with Crippen molar-refractivity contribution in [1.82, 2.24) is 10.2 Å². The molecule has 0 bridgehead atoms. The van der Waals surface area contributed by atoms with E-state index in [4.69, 9.17) is 0 Å². The first-order chi connectivity index (χ1) is 9.52. The van der Waals surface area contributed by atoms with Gasteiger partial charge in [0.25, 0.3) is 5.91 Å². The Kier molecular flexibility index (Phi) is 4.23. The number of aryl methyl sites for hydroxylation is 2. The van der Waals surface area contributed by atoms with Gasteiger partial charge in [-0.25, -0.2) is 0 Å². The molecule has 1 unspecified atom stereocenters. The molecule has 1 amide bonds. The number of benzene rings is 1. The van der Waals surface area contributed by atoms with Crippen LogP contribution in [0, 0.1) is 13.8 Å². The average molecular weight is 271 g/mol. The van der Waals surface area contributed by atoms with Crippen molar-refractivity contribution in [2.75, 3.05) is 5.32 Å². The van der Waals surface area contributed by atoms with E-state index in [0.29, 0.717) is 11.5 Å². The van der Waals surface area contributed by atoms with E-state index < -0.39 is 0 Å². The second kappa shape index (κ2) is 5.90. The molecule has 0 saturated carbocycles. The quantitative estimate of drug-likeness (QED) is 0.888. The normalized spacial score (nSPS) is 12.2. The minimum Gasteiger partial charge on any atom is -0.322 e. The predicted octanol–water partition coefficient (Wildman–Crippen LogP) is 3.79. The van der Waals surface area contributed by atoms with Crippen LogP contribution in [0.3, 0.4) is 0 Å². The average Bonchev–Trinajstić information content (AvgIpc) is 2.78. The molecule has 0 radical (unpaired) electrons. The zero-order valence-corrected chi connectivity index (χ0v) is 12.4. The summed E-state index contributed by atoms with van der Waals surface area (Å²) in [6.07, 6.45) is 1.11. The van der Waals surface area contributed by atoms with Gasteiger partial charge in [0, 0.05) is 11.4 Å². The lowest BCUT2D eigenvalue weighted by Gasteiger charge is -2.10. The fourth-order valence-corrected chi connectivity index (χ4v) is 2.21. The second-order valence-electron chi connectivity index (χ2n) is 5.19. The molecule has 0 aliphatic carbocycles. The van der Waals surface area contributed by atoms with Crippen molar-refractivity contribution in [3.63, 3.8) is 0 Å². The number of amides is 1. The lowest BCUT2D eigenvalue weighted by atomic mass is 9.98. The minimum absolute atomic E-state index is 0.120. The number of aromatic nitrogens is 2. The second-order valence-corrected chi connectivity index (χ2v) is 5.19. The van der Waals surface area contributed by atoms with E-state index in [9.17, 15) is 4.79 Å². The largest absolute Gasteiger partial charge is 0.322 e. The van der Waals surface area contributed by atoms with Gasteiger partial charge in [-0.15, -0.1) is 0 Å². The molecule has 4 heteroatoms. The van der Waals surface area contributed by atoms with Gasteiger partial charge in [0.2, 0.25) is 0 Å². The highest BCUT2D eigenvalue weighted by Gasteiger charge is 2.15. The van der Waals surface area contributed by atoms with Crippen LogP contribution >= 0.6 is 0 Å². The molecule has 106 valence electrons. The number of nitrogens with one attached hydrogen (secondary N) is 2. The summed E-state index contributed by atoms with van der Waals surface area (Å²) < 4.78 is 0.